The first-order valence-electron chi connectivity index (χ1n) is 20.3. The second kappa shape index (κ2) is 22.4. The molecule has 0 fully saturated rings. The van der Waals surface area contributed by atoms with Crippen molar-refractivity contribution < 1.29 is 71.3 Å². The summed E-state index contributed by atoms with van der Waals surface area (Å²) in [6.45, 7) is -0.813. The van der Waals surface area contributed by atoms with Crippen LogP contribution in [-0.2, 0) is 40.1 Å². The number of hydrogen-bond donors (Lipinski definition) is 5. The molecule has 4 aromatic rings. The quantitative estimate of drug-likeness (QED) is 0.0471. The molecule has 4 amide bonds. The van der Waals surface area contributed by atoms with E-state index in [1.165, 1.54) is 12.1 Å². The van der Waals surface area contributed by atoms with Crippen molar-refractivity contribution in [2.24, 2.45) is 5.92 Å². The van der Waals surface area contributed by atoms with Crippen LogP contribution in [0.5, 0.6) is 0 Å². The van der Waals surface area contributed by atoms with E-state index < -0.39 is 90.9 Å². The molecule has 0 spiro atoms. The number of H-pyrrole nitrogens is 1. The van der Waals surface area contributed by atoms with Crippen LogP contribution >= 0.6 is 0 Å². The number of aromatic nitrogens is 4. The number of carboxylic acid groups (broad SMARTS) is 2. The number of carbonyl (C=O) groups excluding carboxylic acids is 6. The molecule has 2 aromatic carbocycles. The number of nitrogens with zero attached hydrogens (tertiary/aromatic N) is 5. The summed E-state index contributed by atoms with van der Waals surface area (Å²) in [5, 5.41) is 22.3. The van der Waals surface area contributed by atoms with Gasteiger partial charge in [0.05, 0.1) is 55.3 Å². The second-order valence-electron chi connectivity index (χ2n) is 14.9. The predicted molar refractivity (Wildman–Crippen MR) is 221 cm³/mol. The number of nitrogen functional groups attached to an aromatic ring is 1. The molecule has 2 atom stereocenters. The van der Waals surface area contributed by atoms with E-state index in [2.05, 4.69) is 25.3 Å². The number of alkyl halides is 3. The Kier molecular flexibility index (Phi) is 16.8. The Morgan fingerprint density at radius 3 is 2.14 bits per heavy atom. The predicted octanol–water partition coefficient (Wildman–Crippen LogP) is 3.17. The number of benzene rings is 2. The van der Waals surface area contributed by atoms with E-state index in [0.29, 0.717) is 24.3 Å². The van der Waals surface area contributed by atoms with Crippen molar-refractivity contribution in [1.29, 1.82) is 0 Å². The largest absolute Gasteiger partial charge is 0.481 e. The van der Waals surface area contributed by atoms with Gasteiger partial charge in [0.15, 0.2) is 11.2 Å². The third-order valence-electron chi connectivity index (χ3n) is 10.1. The van der Waals surface area contributed by atoms with Crippen LogP contribution in [0.1, 0.15) is 94.6 Å². The fourth-order valence-corrected chi connectivity index (χ4v) is 6.70. The third kappa shape index (κ3) is 13.3. The van der Waals surface area contributed by atoms with E-state index in [1.54, 1.807) is 12.1 Å². The van der Waals surface area contributed by atoms with Gasteiger partial charge in [-0.15, -0.1) is 5.06 Å². The maximum Gasteiger partial charge on any atom is 0.471 e. The van der Waals surface area contributed by atoms with Gasteiger partial charge in [0, 0.05) is 36.9 Å². The van der Waals surface area contributed by atoms with Crippen LogP contribution in [0.15, 0.2) is 59.5 Å². The minimum absolute atomic E-state index is 0.0226. The van der Waals surface area contributed by atoms with Gasteiger partial charge in [-0.25, -0.2) is 14.8 Å². The minimum Gasteiger partial charge on any atom is -0.481 e. The van der Waals surface area contributed by atoms with E-state index in [9.17, 15) is 66.5 Å². The van der Waals surface area contributed by atoms with E-state index >= 15 is 0 Å². The van der Waals surface area contributed by atoms with Crippen molar-refractivity contribution in [2.45, 2.75) is 76.6 Å². The van der Waals surface area contributed by atoms with Crippen LogP contribution in [0.25, 0.3) is 11.2 Å². The molecule has 0 aliphatic carbocycles. The van der Waals surface area contributed by atoms with Crippen LogP contribution in [-0.4, -0.2) is 114 Å². The average molecular weight is 925 g/mol. The lowest BCUT2D eigenvalue weighted by atomic mass is 9.93. The molecule has 0 bridgehead atoms. The molecule has 5 rings (SSSR count). The van der Waals surface area contributed by atoms with Gasteiger partial charge in [-0.1, -0.05) is 25.0 Å². The molecule has 0 saturated carbocycles. The molecular weight excluding hydrogens is 881 g/mol. The van der Waals surface area contributed by atoms with Crippen LogP contribution in [0, 0.1) is 5.92 Å². The van der Waals surface area contributed by atoms with E-state index in [4.69, 9.17) is 15.3 Å². The van der Waals surface area contributed by atoms with Crippen LogP contribution in [0.3, 0.4) is 0 Å². The first kappa shape index (κ1) is 49.5. The highest BCUT2D eigenvalue weighted by atomic mass is 19.4. The number of fused-ring (bicyclic) bond motifs is 2. The zero-order chi connectivity index (χ0) is 48.1. The van der Waals surface area contributed by atoms with E-state index in [-0.39, 0.29) is 95.0 Å². The number of ether oxygens (including phenoxy) is 1. The Balaban J connectivity index is 1.02. The number of hydrogen-bond acceptors (Lipinski definition) is 15. The van der Waals surface area contributed by atoms with E-state index in [0.717, 1.165) is 30.5 Å². The second-order valence-corrected chi connectivity index (χ2v) is 14.9. The van der Waals surface area contributed by atoms with Crippen molar-refractivity contribution in [2.75, 3.05) is 30.5 Å². The number of rotatable bonds is 25. The van der Waals surface area contributed by atoms with Crippen LogP contribution in [0.4, 0.5) is 24.8 Å². The smallest absolute Gasteiger partial charge is 0.471 e. The summed E-state index contributed by atoms with van der Waals surface area (Å²) in [5.41, 5.74) is 3.78. The van der Waals surface area contributed by atoms with E-state index in [1.807, 2.05) is 0 Å². The third-order valence-corrected chi connectivity index (χ3v) is 10.1. The molecule has 0 unspecified atom stereocenters. The number of nitrogens with two attached hydrogens (primary N) is 1. The normalized spacial score (nSPS) is 13.3. The molecule has 0 radical (unpaired) electrons. The van der Waals surface area contributed by atoms with Gasteiger partial charge in [-0.05, 0) is 55.7 Å². The summed E-state index contributed by atoms with van der Waals surface area (Å²) < 4.78 is 46.3. The number of ketones is 2. The lowest BCUT2D eigenvalue weighted by molar-refractivity contribution is -0.170. The monoisotopic (exact) mass is 924 g/mol. The number of aliphatic carboxylic acids is 2. The number of hydroxylamine groups is 2. The van der Waals surface area contributed by atoms with Gasteiger partial charge in [0.2, 0.25) is 5.95 Å². The molecule has 3 heterocycles. The lowest BCUT2D eigenvalue weighted by Gasteiger charge is -2.24. The molecule has 1 aliphatic heterocycles. The summed E-state index contributed by atoms with van der Waals surface area (Å²) in [4.78, 5) is 131. The van der Waals surface area contributed by atoms with Gasteiger partial charge in [0.1, 0.15) is 17.6 Å². The Hall–Kier alpha value is -7.47. The number of carbonyl (C=O) groups is 8. The number of nitrogens with one attached hydrogen (secondary N) is 2. The minimum atomic E-state index is -5.36. The zero-order valence-corrected chi connectivity index (χ0v) is 34.9. The van der Waals surface area contributed by atoms with Crippen LogP contribution < -0.4 is 21.5 Å². The van der Waals surface area contributed by atoms with Crippen molar-refractivity contribution in [1.82, 2.24) is 30.3 Å². The summed E-state index contributed by atoms with van der Waals surface area (Å²) in [7, 11) is 0. The number of carboxylic acids is 2. The fourth-order valence-electron chi connectivity index (χ4n) is 6.70. The average Bonchev–Trinajstić information content (AvgIpc) is 3.51. The fraction of sp³-hybridized carbons (Fsp3) is 0.381. The Bertz CT molecular complexity index is 2520. The van der Waals surface area contributed by atoms with Gasteiger partial charge in [-0.3, -0.25) is 53.1 Å². The maximum absolute atomic E-state index is 13.6. The van der Waals surface area contributed by atoms with Crippen LogP contribution in [0.2, 0.25) is 0 Å². The number of halogens is 3. The highest BCUT2D eigenvalue weighted by Crippen LogP contribution is 2.27. The molecule has 2 aromatic heterocycles. The molecule has 21 nitrogen and oxygen atoms in total. The summed E-state index contributed by atoms with van der Waals surface area (Å²) in [6, 6.07) is 8.73. The molecule has 24 heteroatoms. The number of anilines is 2. The Morgan fingerprint density at radius 1 is 0.818 bits per heavy atom. The van der Waals surface area contributed by atoms with Gasteiger partial charge >= 0.3 is 24.0 Å². The number of imide groups is 1. The van der Waals surface area contributed by atoms with Gasteiger partial charge in [0.25, 0.3) is 23.3 Å². The summed E-state index contributed by atoms with van der Waals surface area (Å²) in [6.07, 6.45) is -3.88. The van der Waals surface area contributed by atoms with Crippen molar-refractivity contribution in [3.8, 4) is 0 Å². The first-order chi connectivity index (χ1) is 31.3. The summed E-state index contributed by atoms with van der Waals surface area (Å²) in [5.74, 6) is -9.25. The highest BCUT2D eigenvalue weighted by Gasteiger charge is 2.43. The van der Waals surface area contributed by atoms with Gasteiger partial charge in [-0.2, -0.15) is 18.2 Å². The summed E-state index contributed by atoms with van der Waals surface area (Å²) >= 11 is 0. The maximum atomic E-state index is 13.6. The zero-order valence-electron chi connectivity index (χ0n) is 34.9. The molecular formula is C42H43F3N8O13. The number of unbranched alkanes of at least 4 members (excludes halogenated alkanes) is 2. The van der Waals surface area contributed by atoms with Crippen molar-refractivity contribution in [3.05, 3.63) is 87.5 Å². The molecule has 1 aliphatic rings. The standard InChI is InChI=1S/C42H43F3N8O13/c43-42(44,45)40(64)52(22-25-21-47-33-32(48-25)35(57)51-41(46)50-33)26-12-10-23(11-13-26)34(56)49-31(39(62)63)15-14-28(55)20-24(38(60)61)6-2-1-3-7-27(54)16-17-65-18-19-66-53-36(58)29-8-4-5-9-30(29)37(53)59/h4-5,8-13,21,24,31H,1-3,6-7,14-20,22H2,(H,49,56)(H,60,61)(H,62,63)(H3,46,47,50,51,57)/t24-,31+/m1/s1. The molecule has 350 valence electrons. The topological polar surface area (TPSA) is 312 Å². The molecule has 6 N–H and O–H groups in total. The number of aromatic amines is 1. The van der Waals surface area contributed by atoms with Crippen molar-refractivity contribution >= 4 is 69.9 Å². The highest BCUT2D eigenvalue weighted by molar-refractivity contribution is 6.20. The first-order valence-corrected chi connectivity index (χ1v) is 20.3. The SMILES string of the molecule is Nc1nc2ncc(CN(C(=O)C(F)(F)F)c3ccc(C(=O)N[C@@H](CCC(=O)C[C@@H](CCCCCC(=O)CCOCCON4C(=O)c5ccccc5C4=O)C(=O)O)C(=O)O)cc3)nc2c(=O)[nH]1. The molecule has 0 saturated heterocycles. The lowest BCUT2D eigenvalue weighted by Crippen LogP contribution is -2.41. The molecule has 66 heavy (non-hydrogen) atoms. The Morgan fingerprint density at radius 2 is 1.50 bits per heavy atom. The van der Waals surface area contributed by atoms with Gasteiger partial charge < -0.3 is 26.0 Å². The Labute approximate surface area is 371 Å². The van der Waals surface area contributed by atoms with Crippen molar-refractivity contribution in [3.63, 3.8) is 0 Å². The number of Topliss-reactive ketones (excluding diaryl/α,β-unsaturated/α-hetero) is 2. The number of amides is 4.